The van der Waals surface area contributed by atoms with Crippen LogP contribution in [0.1, 0.15) is 23.6 Å². The summed E-state index contributed by atoms with van der Waals surface area (Å²) in [6.07, 6.45) is 2.53. The highest BCUT2D eigenvalue weighted by molar-refractivity contribution is 8.18. The largest absolute Gasteiger partial charge is 0.489 e. The number of carbonyl (C=O) groups excluding carboxylic acids is 3. The van der Waals surface area contributed by atoms with Crippen LogP contribution in [-0.2, 0) is 22.6 Å². The molecule has 178 valence electrons. The number of carbonyl (C=O) groups is 3. The maximum Gasteiger partial charge on any atom is 0.294 e. The van der Waals surface area contributed by atoms with E-state index in [1.54, 1.807) is 42.5 Å². The molecule has 0 bridgehead atoms. The maximum absolute atomic E-state index is 12.7. The van der Waals surface area contributed by atoms with E-state index in [4.69, 9.17) is 16.3 Å². The molecule has 0 saturated carbocycles. The Balaban J connectivity index is 1.34. The molecular weight excluding hydrogens is 484 g/mol. The van der Waals surface area contributed by atoms with Crippen molar-refractivity contribution >= 4 is 52.2 Å². The summed E-state index contributed by atoms with van der Waals surface area (Å²) in [5, 5.41) is 2.92. The second kappa shape index (κ2) is 11.3. The van der Waals surface area contributed by atoms with Crippen LogP contribution in [0.25, 0.3) is 6.08 Å². The number of halogens is 1. The monoisotopic (exact) mass is 506 g/mol. The fourth-order valence-electron chi connectivity index (χ4n) is 3.36. The second-order valence-electron chi connectivity index (χ2n) is 7.85. The van der Waals surface area contributed by atoms with Crippen molar-refractivity contribution in [2.75, 3.05) is 11.9 Å². The zero-order chi connectivity index (χ0) is 24.8. The Kier molecular flexibility index (Phi) is 7.90. The number of aryl methyl sites for hydroxylation is 1. The average molecular weight is 507 g/mol. The number of hydrogen-bond donors (Lipinski definition) is 1. The van der Waals surface area contributed by atoms with Crippen molar-refractivity contribution < 1.29 is 19.1 Å². The van der Waals surface area contributed by atoms with Gasteiger partial charge in [-0.1, -0.05) is 54.9 Å². The zero-order valence-electron chi connectivity index (χ0n) is 19.0. The van der Waals surface area contributed by atoms with Gasteiger partial charge in [-0.05, 0) is 77.3 Å². The van der Waals surface area contributed by atoms with Gasteiger partial charge in [-0.15, -0.1) is 0 Å². The predicted octanol–water partition coefficient (Wildman–Crippen LogP) is 6.16. The molecule has 35 heavy (non-hydrogen) atoms. The van der Waals surface area contributed by atoms with Crippen LogP contribution in [0.2, 0.25) is 5.02 Å². The first-order valence-electron chi connectivity index (χ1n) is 11.0. The molecule has 1 saturated heterocycles. The summed E-state index contributed by atoms with van der Waals surface area (Å²) in [5.74, 6) is -0.242. The number of hydrogen-bond acceptors (Lipinski definition) is 5. The fraction of sp³-hybridized carbons (Fsp3) is 0.148. The third-order valence-electron chi connectivity index (χ3n) is 5.32. The molecule has 1 aliphatic heterocycles. The molecule has 0 aromatic heterocycles. The van der Waals surface area contributed by atoms with Crippen LogP contribution in [-0.4, -0.2) is 28.5 Å². The van der Waals surface area contributed by atoms with E-state index in [-0.39, 0.29) is 11.4 Å². The SMILES string of the molecule is CCc1ccc(NC(=O)CN2C(=O)S/C(=C/c3ccc(OCc4ccc(Cl)cc4)cc3)C2=O)cc1. The van der Waals surface area contributed by atoms with Gasteiger partial charge in [0.25, 0.3) is 11.1 Å². The first kappa shape index (κ1) is 24.6. The Morgan fingerprint density at radius 1 is 0.971 bits per heavy atom. The molecule has 1 heterocycles. The van der Waals surface area contributed by atoms with E-state index < -0.39 is 17.1 Å². The number of anilines is 1. The molecule has 0 aliphatic carbocycles. The van der Waals surface area contributed by atoms with Gasteiger partial charge >= 0.3 is 0 Å². The molecule has 8 heteroatoms. The predicted molar refractivity (Wildman–Crippen MR) is 139 cm³/mol. The Labute approximate surface area is 212 Å². The van der Waals surface area contributed by atoms with E-state index in [1.165, 1.54) is 0 Å². The zero-order valence-corrected chi connectivity index (χ0v) is 20.6. The summed E-state index contributed by atoms with van der Waals surface area (Å²) in [4.78, 5) is 38.7. The highest BCUT2D eigenvalue weighted by Gasteiger charge is 2.36. The molecule has 0 spiro atoms. The molecule has 6 nitrogen and oxygen atoms in total. The van der Waals surface area contributed by atoms with Gasteiger partial charge in [0, 0.05) is 10.7 Å². The minimum atomic E-state index is -0.487. The van der Waals surface area contributed by atoms with E-state index in [2.05, 4.69) is 5.32 Å². The Bertz CT molecular complexity index is 1260. The van der Waals surface area contributed by atoms with E-state index in [0.29, 0.717) is 23.1 Å². The molecule has 1 fully saturated rings. The van der Waals surface area contributed by atoms with Crippen LogP contribution in [0.15, 0.2) is 77.7 Å². The smallest absolute Gasteiger partial charge is 0.294 e. The van der Waals surface area contributed by atoms with E-state index in [9.17, 15) is 14.4 Å². The Morgan fingerprint density at radius 3 is 2.29 bits per heavy atom. The third kappa shape index (κ3) is 6.53. The topological polar surface area (TPSA) is 75.7 Å². The minimum Gasteiger partial charge on any atom is -0.489 e. The number of amides is 3. The van der Waals surface area contributed by atoms with E-state index in [1.807, 2.05) is 43.3 Å². The van der Waals surface area contributed by atoms with Gasteiger partial charge in [-0.25, -0.2) is 0 Å². The molecule has 0 unspecified atom stereocenters. The van der Waals surface area contributed by atoms with Crippen LogP contribution in [0.5, 0.6) is 5.75 Å². The van der Waals surface area contributed by atoms with E-state index >= 15 is 0 Å². The average Bonchev–Trinajstić information content (AvgIpc) is 3.12. The van der Waals surface area contributed by atoms with Crippen molar-refractivity contribution in [1.82, 2.24) is 4.90 Å². The van der Waals surface area contributed by atoms with Crippen molar-refractivity contribution in [3.63, 3.8) is 0 Å². The van der Waals surface area contributed by atoms with Crippen molar-refractivity contribution in [3.05, 3.63) is 99.4 Å². The van der Waals surface area contributed by atoms with Crippen LogP contribution < -0.4 is 10.1 Å². The number of rotatable bonds is 8. The number of benzene rings is 3. The summed E-state index contributed by atoms with van der Waals surface area (Å²) >= 11 is 6.71. The number of nitrogens with one attached hydrogen (secondary N) is 1. The van der Waals surface area contributed by atoms with Gasteiger partial charge in [0.05, 0.1) is 4.91 Å². The molecule has 0 atom stereocenters. The maximum atomic E-state index is 12.7. The molecule has 3 aromatic carbocycles. The minimum absolute atomic E-state index is 0.268. The first-order chi connectivity index (χ1) is 16.9. The highest BCUT2D eigenvalue weighted by Crippen LogP contribution is 2.32. The quantitative estimate of drug-likeness (QED) is 0.370. The third-order valence-corrected chi connectivity index (χ3v) is 6.48. The first-order valence-corrected chi connectivity index (χ1v) is 12.2. The van der Waals surface area contributed by atoms with Crippen molar-refractivity contribution in [1.29, 1.82) is 0 Å². The molecule has 4 rings (SSSR count). The second-order valence-corrected chi connectivity index (χ2v) is 9.28. The number of nitrogens with zero attached hydrogens (tertiary/aromatic N) is 1. The Morgan fingerprint density at radius 2 is 1.63 bits per heavy atom. The van der Waals surface area contributed by atoms with Gasteiger partial charge in [0.15, 0.2) is 0 Å². The normalized spacial score (nSPS) is 14.5. The van der Waals surface area contributed by atoms with Crippen LogP contribution in [0.4, 0.5) is 10.5 Å². The number of thioether (sulfide) groups is 1. The van der Waals surface area contributed by atoms with Gasteiger partial charge in [-0.2, -0.15) is 0 Å². The van der Waals surface area contributed by atoms with Gasteiger partial charge < -0.3 is 10.1 Å². The number of imide groups is 1. The molecule has 1 aliphatic rings. The molecule has 1 N–H and O–H groups in total. The van der Waals surface area contributed by atoms with Crippen LogP contribution in [0, 0.1) is 0 Å². The lowest BCUT2D eigenvalue weighted by molar-refractivity contribution is -0.127. The molecule has 3 amide bonds. The van der Waals surface area contributed by atoms with Crippen LogP contribution in [0.3, 0.4) is 0 Å². The standard InChI is InChI=1S/C27H23ClN2O4S/c1-2-18-5-11-22(12-6-18)29-25(31)16-30-26(32)24(35-27(30)33)15-19-7-13-23(14-8-19)34-17-20-3-9-21(28)10-4-20/h3-15H,2,16-17H2,1H3,(H,29,31)/b24-15+. The van der Waals surface area contributed by atoms with Crippen molar-refractivity contribution in [2.45, 2.75) is 20.0 Å². The summed E-state index contributed by atoms with van der Waals surface area (Å²) in [6.45, 7) is 2.11. The molecular formula is C27H23ClN2O4S. The van der Waals surface area contributed by atoms with Crippen molar-refractivity contribution in [3.8, 4) is 5.75 Å². The summed E-state index contributed by atoms with van der Waals surface area (Å²) < 4.78 is 5.77. The summed E-state index contributed by atoms with van der Waals surface area (Å²) in [7, 11) is 0. The summed E-state index contributed by atoms with van der Waals surface area (Å²) in [5.41, 5.74) is 3.51. The van der Waals surface area contributed by atoms with Gasteiger partial charge in [0.1, 0.15) is 18.9 Å². The van der Waals surface area contributed by atoms with Gasteiger partial charge in [-0.3, -0.25) is 19.3 Å². The molecule has 0 radical (unpaired) electrons. The van der Waals surface area contributed by atoms with Crippen molar-refractivity contribution in [2.24, 2.45) is 0 Å². The summed E-state index contributed by atoms with van der Waals surface area (Å²) in [6, 6.07) is 22.1. The lowest BCUT2D eigenvalue weighted by atomic mass is 10.1. The lowest BCUT2D eigenvalue weighted by Gasteiger charge is -2.12. The van der Waals surface area contributed by atoms with Crippen LogP contribution >= 0.6 is 23.4 Å². The van der Waals surface area contributed by atoms with E-state index in [0.717, 1.165) is 39.8 Å². The number of ether oxygens (including phenoxy) is 1. The Hall–Kier alpha value is -3.55. The highest BCUT2D eigenvalue weighted by atomic mass is 35.5. The lowest BCUT2D eigenvalue weighted by Crippen LogP contribution is -2.36. The molecule has 3 aromatic rings. The fourth-order valence-corrected chi connectivity index (χ4v) is 4.33. The van der Waals surface area contributed by atoms with Gasteiger partial charge in [0.2, 0.25) is 5.91 Å².